The number of piperidine rings is 1. The molecule has 0 aromatic carbocycles. The minimum Gasteiger partial charge on any atom is -0.373 e. The Bertz CT molecular complexity index is 498. The van der Waals surface area contributed by atoms with E-state index < -0.39 is 0 Å². The number of aromatic nitrogens is 2. The van der Waals surface area contributed by atoms with Crippen molar-refractivity contribution in [3.05, 3.63) is 24.0 Å². The Kier molecular flexibility index (Phi) is 3.91. The Morgan fingerprint density at radius 2 is 2.14 bits per heavy atom. The van der Waals surface area contributed by atoms with Crippen LogP contribution in [0.2, 0.25) is 0 Å². The van der Waals surface area contributed by atoms with Gasteiger partial charge in [-0.1, -0.05) is 0 Å². The predicted octanol–water partition coefficient (Wildman–Crippen LogP) is 0.802. The van der Waals surface area contributed by atoms with Crippen LogP contribution in [-0.2, 0) is 4.74 Å². The second kappa shape index (κ2) is 5.69. The largest absolute Gasteiger partial charge is 0.373 e. The zero-order valence-corrected chi connectivity index (χ0v) is 12.7. The number of likely N-dealkylation sites (N-methyl/N-ethyl adjacent to an activating group) is 1. The molecule has 1 spiro atoms. The number of carbonyl (C=O) groups is 1. The number of hydrogen-bond donors (Lipinski definition) is 0. The van der Waals surface area contributed by atoms with E-state index in [0.29, 0.717) is 11.6 Å². The number of nitrogens with zero attached hydrogens (tertiary/aromatic N) is 4. The first-order valence-electron chi connectivity index (χ1n) is 7.46. The van der Waals surface area contributed by atoms with Gasteiger partial charge in [-0.2, -0.15) is 10.2 Å². The van der Waals surface area contributed by atoms with Gasteiger partial charge in [0.2, 0.25) is 0 Å². The second-order valence-electron chi connectivity index (χ2n) is 6.24. The van der Waals surface area contributed by atoms with Gasteiger partial charge in [0.15, 0.2) is 0 Å². The fraction of sp³-hybridized carbons (Fsp3) is 0.667. The highest BCUT2D eigenvalue weighted by Crippen LogP contribution is 2.37. The number of hydrogen-bond acceptors (Lipinski definition) is 5. The number of likely N-dealkylation sites (tertiary alicyclic amines) is 1. The van der Waals surface area contributed by atoms with E-state index in [-0.39, 0.29) is 11.5 Å². The minimum atomic E-state index is -0.0256. The van der Waals surface area contributed by atoms with Gasteiger partial charge in [0.1, 0.15) is 0 Å². The zero-order chi connectivity index (χ0) is 14.9. The van der Waals surface area contributed by atoms with Crippen LogP contribution in [-0.4, -0.2) is 71.3 Å². The molecule has 114 valence electrons. The van der Waals surface area contributed by atoms with E-state index >= 15 is 0 Å². The van der Waals surface area contributed by atoms with Crippen LogP contribution < -0.4 is 0 Å². The highest BCUT2D eigenvalue weighted by atomic mass is 16.5. The lowest BCUT2D eigenvalue weighted by Crippen LogP contribution is -2.47. The summed E-state index contributed by atoms with van der Waals surface area (Å²) in [7, 11) is 4.20. The normalized spacial score (nSPS) is 24.7. The van der Waals surface area contributed by atoms with Crippen LogP contribution in [0, 0.1) is 0 Å². The number of carbonyl (C=O) groups excluding carboxylic acids is 1. The molecule has 0 radical (unpaired) electrons. The summed E-state index contributed by atoms with van der Waals surface area (Å²) >= 11 is 0. The molecular formula is C15H22N4O2. The Morgan fingerprint density at radius 1 is 1.38 bits per heavy atom. The van der Waals surface area contributed by atoms with Gasteiger partial charge < -0.3 is 14.5 Å². The van der Waals surface area contributed by atoms with Gasteiger partial charge in [-0.3, -0.25) is 4.79 Å². The maximum absolute atomic E-state index is 12.4. The van der Waals surface area contributed by atoms with Crippen molar-refractivity contribution in [2.24, 2.45) is 0 Å². The molecule has 3 heterocycles. The summed E-state index contributed by atoms with van der Waals surface area (Å²) in [5, 5.41) is 7.48. The summed E-state index contributed by atoms with van der Waals surface area (Å²) in [4.78, 5) is 16.5. The summed E-state index contributed by atoms with van der Waals surface area (Å²) in [5.74, 6) is 0.0434. The second-order valence-corrected chi connectivity index (χ2v) is 6.24. The van der Waals surface area contributed by atoms with Crippen molar-refractivity contribution in [2.45, 2.75) is 30.9 Å². The first-order valence-corrected chi connectivity index (χ1v) is 7.46. The highest BCUT2D eigenvalue weighted by Gasteiger charge is 2.43. The molecule has 6 heteroatoms. The molecule has 1 amide bonds. The van der Waals surface area contributed by atoms with Crippen LogP contribution in [0.4, 0.5) is 0 Å². The summed E-state index contributed by atoms with van der Waals surface area (Å²) < 4.78 is 6.09. The molecule has 0 aliphatic carbocycles. The quantitative estimate of drug-likeness (QED) is 0.806. The Labute approximate surface area is 125 Å². The van der Waals surface area contributed by atoms with Gasteiger partial charge >= 0.3 is 0 Å². The van der Waals surface area contributed by atoms with Gasteiger partial charge in [-0.15, -0.1) is 0 Å². The molecule has 2 saturated heterocycles. The lowest BCUT2D eigenvalue weighted by molar-refractivity contribution is -0.0392. The molecule has 2 fully saturated rings. The molecule has 2 aliphatic heterocycles. The summed E-state index contributed by atoms with van der Waals surface area (Å²) in [6.07, 6.45) is 5.99. The van der Waals surface area contributed by atoms with E-state index in [1.807, 2.05) is 4.90 Å². The average Bonchev–Trinajstić information content (AvgIpc) is 2.92. The molecule has 6 nitrogen and oxygen atoms in total. The topological polar surface area (TPSA) is 58.6 Å². The van der Waals surface area contributed by atoms with E-state index in [4.69, 9.17) is 4.74 Å². The Hall–Kier alpha value is -1.53. The standard InChI is InChI=1S/C15H22N4O2/c1-18(2)13-9-15(21-11-13)4-7-19(8-5-15)14(20)12-3-6-16-17-10-12/h3,6,10,13H,4-5,7-9,11H2,1-2H3/t13-/m0/s1. The van der Waals surface area contributed by atoms with E-state index in [0.717, 1.165) is 39.0 Å². The van der Waals surface area contributed by atoms with Crippen molar-refractivity contribution in [2.75, 3.05) is 33.8 Å². The van der Waals surface area contributed by atoms with Gasteiger partial charge in [0.05, 0.1) is 30.2 Å². The summed E-state index contributed by atoms with van der Waals surface area (Å²) in [6.45, 7) is 2.30. The molecule has 2 aliphatic rings. The third-order valence-corrected chi connectivity index (χ3v) is 4.71. The van der Waals surface area contributed by atoms with Gasteiger partial charge in [0, 0.05) is 19.1 Å². The summed E-state index contributed by atoms with van der Waals surface area (Å²) in [5.41, 5.74) is 0.585. The van der Waals surface area contributed by atoms with Gasteiger partial charge in [0.25, 0.3) is 5.91 Å². The highest BCUT2D eigenvalue weighted by molar-refractivity contribution is 5.93. The lowest BCUT2D eigenvalue weighted by Gasteiger charge is -2.38. The summed E-state index contributed by atoms with van der Waals surface area (Å²) in [6, 6.07) is 2.21. The molecular weight excluding hydrogens is 268 g/mol. The number of rotatable bonds is 2. The van der Waals surface area contributed by atoms with Crippen LogP contribution in [0.15, 0.2) is 18.5 Å². The monoisotopic (exact) mass is 290 g/mol. The Morgan fingerprint density at radius 3 is 2.71 bits per heavy atom. The average molecular weight is 290 g/mol. The number of ether oxygens (including phenoxy) is 1. The molecule has 3 rings (SSSR count). The molecule has 1 atom stereocenters. The maximum atomic E-state index is 12.4. The fourth-order valence-electron chi connectivity index (χ4n) is 3.22. The molecule has 1 aromatic heterocycles. The van der Waals surface area contributed by atoms with Crippen LogP contribution in [0.25, 0.3) is 0 Å². The number of amides is 1. The predicted molar refractivity (Wildman–Crippen MR) is 77.9 cm³/mol. The third-order valence-electron chi connectivity index (χ3n) is 4.71. The third kappa shape index (κ3) is 2.91. The SMILES string of the molecule is CN(C)[C@@H]1COC2(CCN(C(=O)c3ccnnc3)CC2)C1. The molecule has 21 heavy (non-hydrogen) atoms. The van der Waals surface area contributed by atoms with Crippen LogP contribution in [0.1, 0.15) is 29.6 Å². The van der Waals surface area contributed by atoms with Crippen molar-refractivity contribution >= 4 is 5.91 Å². The van der Waals surface area contributed by atoms with Crippen LogP contribution in [0.5, 0.6) is 0 Å². The van der Waals surface area contributed by atoms with Crippen molar-refractivity contribution in [3.63, 3.8) is 0 Å². The molecule has 0 N–H and O–H groups in total. The van der Waals surface area contributed by atoms with E-state index in [9.17, 15) is 4.79 Å². The van der Waals surface area contributed by atoms with Crippen molar-refractivity contribution < 1.29 is 9.53 Å². The lowest BCUT2D eigenvalue weighted by atomic mass is 9.87. The van der Waals surface area contributed by atoms with Crippen molar-refractivity contribution in [1.82, 2.24) is 20.0 Å². The van der Waals surface area contributed by atoms with Gasteiger partial charge in [-0.25, -0.2) is 0 Å². The zero-order valence-electron chi connectivity index (χ0n) is 12.7. The van der Waals surface area contributed by atoms with Crippen molar-refractivity contribution in [3.8, 4) is 0 Å². The van der Waals surface area contributed by atoms with Crippen LogP contribution >= 0.6 is 0 Å². The molecule has 0 bridgehead atoms. The first-order chi connectivity index (χ1) is 10.1. The van der Waals surface area contributed by atoms with E-state index in [2.05, 4.69) is 29.2 Å². The van der Waals surface area contributed by atoms with E-state index in [1.54, 1.807) is 12.3 Å². The molecule has 1 aromatic rings. The smallest absolute Gasteiger partial charge is 0.255 e. The molecule has 0 unspecified atom stereocenters. The maximum Gasteiger partial charge on any atom is 0.255 e. The minimum absolute atomic E-state index is 0.0256. The van der Waals surface area contributed by atoms with Gasteiger partial charge in [-0.05, 0) is 39.4 Å². The Balaban J connectivity index is 1.60. The molecule has 0 saturated carbocycles. The first kappa shape index (κ1) is 14.4. The van der Waals surface area contributed by atoms with Crippen molar-refractivity contribution in [1.29, 1.82) is 0 Å². The fourth-order valence-corrected chi connectivity index (χ4v) is 3.22. The van der Waals surface area contributed by atoms with E-state index in [1.165, 1.54) is 6.20 Å². The van der Waals surface area contributed by atoms with Crippen LogP contribution in [0.3, 0.4) is 0 Å².